The summed E-state index contributed by atoms with van der Waals surface area (Å²) in [6.07, 6.45) is 1.48. The molecular weight excluding hydrogens is 369 g/mol. The minimum absolute atomic E-state index is 0.0916. The van der Waals surface area contributed by atoms with Crippen molar-refractivity contribution in [3.05, 3.63) is 65.0 Å². The van der Waals surface area contributed by atoms with Gasteiger partial charge < -0.3 is 15.5 Å². The van der Waals surface area contributed by atoms with E-state index >= 15 is 0 Å². The zero-order chi connectivity index (χ0) is 21.0. The van der Waals surface area contributed by atoms with Gasteiger partial charge in [-0.2, -0.15) is 0 Å². The van der Waals surface area contributed by atoms with Gasteiger partial charge in [-0.3, -0.25) is 4.79 Å². The molecule has 1 atom stereocenters. The van der Waals surface area contributed by atoms with Crippen molar-refractivity contribution in [2.45, 2.75) is 40.2 Å². The maximum absolute atomic E-state index is 13.0. The summed E-state index contributed by atoms with van der Waals surface area (Å²) in [6, 6.07) is 11.7. The summed E-state index contributed by atoms with van der Waals surface area (Å²) in [4.78, 5) is 27.4. The largest absolute Gasteiger partial charge is 0.351 e. The lowest BCUT2D eigenvalue weighted by atomic mass is 9.81. The molecule has 1 aliphatic rings. The van der Waals surface area contributed by atoms with Gasteiger partial charge in [0, 0.05) is 25.3 Å². The number of urea groups is 1. The van der Waals surface area contributed by atoms with Crippen LogP contribution in [0.4, 0.5) is 14.9 Å². The van der Waals surface area contributed by atoms with Crippen LogP contribution in [0, 0.1) is 25.1 Å². The van der Waals surface area contributed by atoms with E-state index in [0.717, 1.165) is 35.2 Å². The van der Waals surface area contributed by atoms with E-state index in [-0.39, 0.29) is 17.8 Å². The summed E-state index contributed by atoms with van der Waals surface area (Å²) < 4.78 is 13.0. The third kappa shape index (κ3) is 4.94. The zero-order valence-corrected chi connectivity index (χ0v) is 17.2. The highest BCUT2D eigenvalue weighted by molar-refractivity contribution is 5.91. The summed E-state index contributed by atoms with van der Waals surface area (Å²) in [5, 5.41) is 5.91. The molecule has 2 N–H and O–H groups in total. The van der Waals surface area contributed by atoms with Gasteiger partial charge in [0.2, 0.25) is 5.91 Å². The van der Waals surface area contributed by atoms with Crippen molar-refractivity contribution in [2.24, 2.45) is 5.41 Å². The monoisotopic (exact) mass is 397 g/mol. The first-order valence-corrected chi connectivity index (χ1v) is 9.93. The van der Waals surface area contributed by atoms with Crippen molar-refractivity contribution < 1.29 is 14.0 Å². The Hall–Kier alpha value is -2.89. The topological polar surface area (TPSA) is 61.4 Å². The van der Waals surface area contributed by atoms with Crippen molar-refractivity contribution in [1.29, 1.82) is 0 Å². The molecule has 2 aromatic rings. The minimum atomic E-state index is -0.655. The molecule has 0 bridgehead atoms. The van der Waals surface area contributed by atoms with Gasteiger partial charge in [-0.15, -0.1) is 0 Å². The number of hydrogen-bond acceptors (Lipinski definition) is 2. The van der Waals surface area contributed by atoms with Gasteiger partial charge in [0.05, 0.1) is 5.41 Å². The fraction of sp³-hybridized carbons (Fsp3) is 0.391. The minimum Gasteiger partial charge on any atom is -0.351 e. The number of anilines is 1. The Balaban J connectivity index is 1.61. The lowest BCUT2D eigenvalue weighted by molar-refractivity contribution is -0.132. The average Bonchev–Trinajstić information content (AvgIpc) is 2.70. The van der Waals surface area contributed by atoms with E-state index in [9.17, 15) is 14.0 Å². The van der Waals surface area contributed by atoms with E-state index in [0.29, 0.717) is 19.6 Å². The van der Waals surface area contributed by atoms with Crippen LogP contribution in [0.25, 0.3) is 0 Å². The molecule has 1 fully saturated rings. The fourth-order valence-electron chi connectivity index (χ4n) is 3.68. The highest BCUT2D eigenvalue weighted by atomic mass is 19.1. The second-order valence-corrected chi connectivity index (χ2v) is 8.07. The molecular formula is C23H28FN3O2. The molecule has 3 amide bonds. The number of aryl methyl sites for hydroxylation is 1. The van der Waals surface area contributed by atoms with Crippen molar-refractivity contribution in [3.8, 4) is 0 Å². The third-order valence-electron chi connectivity index (χ3n) is 5.74. The first-order chi connectivity index (χ1) is 13.8. The van der Waals surface area contributed by atoms with Crippen molar-refractivity contribution in [3.63, 3.8) is 0 Å². The number of nitrogens with one attached hydrogen (secondary N) is 2. The molecule has 29 heavy (non-hydrogen) atoms. The van der Waals surface area contributed by atoms with Gasteiger partial charge in [0.25, 0.3) is 0 Å². The van der Waals surface area contributed by atoms with E-state index in [1.54, 1.807) is 17.0 Å². The van der Waals surface area contributed by atoms with E-state index < -0.39 is 5.41 Å². The Morgan fingerprint density at radius 3 is 2.59 bits per heavy atom. The van der Waals surface area contributed by atoms with Gasteiger partial charge in [-0.05, 0) is 68.5 Å². The molecule has 0 saturated carbocycles. The summed E-state index contributed by atoms with van der Waals surface area (Å²) in [6.45, 7) is 7.20. The van der Waals surface area contributed by atoms with Crippen molar-refractivity contribution in [1.82, 2.24) is 10.2 Å². The molecule has 3 rings (SSSR count). The molecule has 154 valence electrons. The van der Waals surface area contributed by atoms with Crippen LogP contribution < -0.4 is 10.6 Å². The van der Waals surface area contributed by atoms with Gasteiger partial charge in [0.1, 0.15) is 5.82 Å². The SMILES string of the molecule is Cc1cccc(NC(=O)N2CCCC(C)(C(=O)NCc3ccc(F)cc3)C2)c1C. The highest BCUT2D eigenvalue weighted by Gasteiger charge is 2.39. The zero-order valence-electron chi connectivity index (χ0n) is 17.2. The van der Waals surface area contributed by atoms with Crippen LogP contribution in [-0.4, -0.2) is 29.9 Å². The number of amides is 3. The van der Waals surface area contributed by atoms with Crippen LogP contribution in [-0.2, 0) is 11.3 Å². The molecule has 6 heteroatoms. The van der Waals surface area contributed by atoms with E-state index in [2.05, 4.69) is 10.6 Å². The van der Waals surface area contributed by atoms with E-state index in [1.165, 1.54) is 12.1 Å². The van der Waals surface area contributed by atoms with E-state index in [4.69, 9.17) is 0 Å². The quantitative estimate of drug-likeness (QED) is 0.804. The average molecular weight is 397 g/mol. The number of benzene rings is 2. The van der Waals surface area contributed by atoms with Gasteiger partial charge >= 0.3 is 6.03 Å². The standard InChI is InChI=1S/C23H28FN3O2/c1-16-6-4-7-20(17(16)2)26-22(29)27-13-5-12-23(3,15-27)21(28)25-14-18-8-10-19(24)11-9-18/h4,6-11H,5,12-15H2,1-3H3,(H,25,28)(H,26,29). The molecule has 5 nitrogen and oxygen atoms in total. The van der Waals surface area contributed by atoms with Crippen LogP contribution in [0.2, 0.25) is 0 Å². The third-order valence-corrected chi connectivity index (χ3v) is 5.74. The van der Waals surface area contributed by atoms with Gasteiger partial charge in [-0.25, -0.2) is 9.18 Å². The Morgan fingerprint density at radius 1 is 1.14 bits per heavy atom. The summed E-state index contributed by atoms with van der Waals surface area (Å²) in [7, 11) is 0. The molecule has 1 heterocycles. The first-order valence-electron chi connectivity index (χ1n) is 9.93. The Labute approximate surface area is 171 Å². The lowest BCUT2D eigenvalue weighted by Gasteiger charge is -2.39. The van der Waals surface area contributed by atoms with Crippen LogP contribution in [0.15, 0.2) is 42.5 Å². The molecule has 0 radical (unpaired) electrons. The lowest BCUT2D eigenvalue weighted by Crippen LogP contribution is -2.52. The Morgan fingerprint density at radius 2 is 1.86 bits per heavy atom. The maximum atomic E-state index is 13.0. The summed E-state index contributed by atoms with van der Waals surface area (Å²) in [5.41, 5.74) is 3.13. The number of piperidine rings is 1. The first kappa shape index (κ1) is 20.8. The Bertz CT molecular complexity index is 897. The van der Waals surface area contributed by atoms with Crippen LogP contribution in [0.5, 0.6) is 0 Å². The molecule has 1 aliphatic heterocycles. The fourth-order valence-corrected chi connectivity index (χ4v) is 3.68. The van der Waals surface area contributed by atoms with Crippen molar-refractivity contribution in [2.75, 3.05) is 18.4 Å². The van der Waals surface area contributed by atoms with Gasteiger partial charge in [0.15, 0.2) is 0 Å². The Kier molecular flexibility index (Phi) is 6.20. The normalized spacial score (nSPS) is 19.0. The number of carbonyl (C=O) groups is 2. The number of nitrogens with zero attached hydrogens (tertiary/aromatic N) is 1. The van der Waals surface area contributed by atoms with Crippen LogP contribution >= 0.6 is 0 Å². The van der Waals surface area contributed by atoms with Crippen molar-refractivity contribution >= 4 is 17.6 Å². The number of likely N-dealkylation sites (tertiary alicyclic amines) is 1. The maximum Gasteiger partial charge on any atom is 0.321 e. The van der Waals surface area contributed by atoms with Crippen LogP contribution in [0.3, 0.4) is 0 Å². The molecule has 1 unspecified atom stereocenters. The predicted octanol–water partition coefficient (Wildman–Crippen LogP) is 4.39. The molecule has 0 spiro atoms. The molecule has 1 saturated heterocycles. The smallest absolute Gasteiger partial charge is 0.321 e. The predicted molar refractivity (Wildman–Crippen MR) is 112 cm³/mol. The number of halogens is 1. The summed E-state index contributed by atoms with van der Waals surface area (Å²) >= 11 is 0. The molecule has 0 aliphatic carbocycles. The van der Waals surface area contributed by atoms with Crippen LogP contribution in [0.1, 0.15) is 36.5 Å². The highest BCUT2D eigenvalue weighted by Crippen LogP contribution is 2.30. The number of carbonyl (C=O) groups excluding carboxylic acids is 2. The second kappa shape index (κ2) is 8.64. The number of rotatable bonds is 4. The molecule has 2 aromatic carbocycles. The van der Waals surface area contributed by atoms with Gasteiger partial charge in [-0.1, -0.05) is 24.3 Å². The van der Waals surface area contributed by atoms with E-state index in [1.807, 2.05) is 39.0 Å². The second-order valence-electron chi connectivity index (χ2n) is 8.07. The molecule has 0 aromatic heterocycles. The summed E-state index contributed by atoms with van der Waals surface area (Å²) in [5.74, 6) is -0.393. The number of hydrogen-bond donors (Lipinski definition) is 2.